The van der Waals surface area contributed by atoms with E-state index < -0.39 is 0 Å². The van der Waals surface area contributed by atoms with Crippen LogP contribution >= 0.6 is 0 Å². The normalized spacial score (nSPS) is 10.1. The zero-order chi connectivity index (χ0) is 17.9. The highest BCUT2D eigenvalue weighted by atomic mass is 15.3. The zero-order valence-electron chi connectivity index (χ0n) is 15.0. The highest BCUT2D eigenvalue weighted by Gasteiger charge is 2.07. The van der Waals surface area contributed by atoms with E-state index in [4.69, 9.17) is 6.42 Å². The Balaban J connectivity index is 2.13. The van der Waals surface area contributed by atoms with Crippen molar-refractivity contribution in [2.24, 2.45) is 0 Å². The maximum atomic E-state index is 5.39. The molecule has 0 saturated carbocycles. The van der Waals surface area contributed by atoms with Gasteiger partial charge >= 0.3 is 0 Å². The van der Waals surface area contributed by atoms with E-state index >= 15 is 0 Å². The number of hydrogen-bond donors (Lipinski definition) is 3. The molecule has 25 heavy (non-hydrogen) atoms. The number of anilines is 4. The van der Waals surface area contributed by atoms with Crippen LogP contribution in [0.1, 0.15) is 45.1 Å². The van der Waals surface area contributed by atoms with Crippen LogP contribution in [0, 0.1) is 12.3 Å². The summed E-state index contributed by atoms with van der Waals surface area (Å²) in [6, 6.07) is 7.58. The topological polar surface area (TPSA) is 74.8 Å². The standard InChI is InChI=1S/C19H26N6/c1-4-7-13-20-17-23-18(21-14-8-5-2)25-19(24-17)22-16-11-9-15(6-3)10-12-16/h3,9-12H,4-5,7-8,13-14H2,1-2H3,(H3,20,21,22,23,24,25). The fourth-order valence-corrected chi connectivity index (χ4v) is 2.12. The molecule has 0 bridgehead atoms. The molecule has 0 saturated heterocycles. The van der Waals surface area contributed by atoms with Crippen molar-refractivity contribution in [1.29, 1.82) is 0 Å². The van der Waals surface area contributed by atoms with Crippen LogP contribution in [0.2, 0.25) is 0 Å². The van der Waals surface area contributed by atoms with Crippen LogP contribution in [0.5, 0.6) is 0 Å². The molecule has 132 valence electrons. The lowest BCUT2D eigenvalue weighted by Gasteiger charge is -2.11. The molecule has 6 heteroatoms. The minimum atomic E-state index is 0.501. The molecule has 1 aromatic carbocycles. The van der Waals surface area contributed by atoms with Crippen molar-refractivity contribution >= 4 is 23.5 Å². The fraction of sp³-hybridized carbons (Fsp3) is 0.421. The molecule has 0 aliphatic heterocycles. The summed E-state index contributed by atoms with van der Waals surface area (Å²) < 4.78 is 0. The molecule has 6 nitrogen and oxygen atoms in total. The Morgan fingerprint density at radius 2 is 1.36 bits per heavy atom. The van der Waals surface area contributed by atoms with E-state index in [1.54, 1.807) is 0 Å². The molecular formula is C19H26N6. The average Bonchev–Trinajstić information content (AvgIpc) is 2.63. The van der Waals surface area contributed by atoms with Crippen molar-refractivity contribution in [2.45, 2.75) is 39.5 Å². The van der Waals surface area contributed by atoms with Crippen LogP contribution in [0.3, 0.4) is 0 Å². The van der Waals surface area contributed by atoms with Gasteiger partial charge in [-0.25, -0.2) is 0 Å². The molecule has 1 heterocycles. The first-order chi connectivity index (χ1) is 12.2. The molecule has 0 aliphatic carbocycles. The van der Waals surface area contributed by atoms with E-state index in [2.05, 4.69) is 50.7 Å². The first-order valence-corrected chi connectivity index (χ1v) is 8.82. The minimum absolute atomic E-state index is 0.501. The molecule has 1 aromatic heterocycles. The third-order valence-corrected chi connectivity index (χ3v) is 3.57. The lowest BCUT2D eigenvalue weighted by molar-refractivity contribution is 0.816. The van der Waals surface area contributed by atoms with Gasteiger partial charge in [0.25, 0.3) is 0 Å². The molecule has 0 spiro atoms. The Kier molecular flexibility index (Phi) is 7.51. The highest BCUT2D eigenvalue weighted by Crippen LogP contribution is 2.16. The molecule has 0 amide bonds. The van der Waals surface area contributed by atoms with Gasteiger partial charge in [-0.05, 0) is 37.1 Å². The summed E-state index contributed by atoms with van der Waals surface area (Å²) >= 11 is 0. The lowest BCUT2D eigenvalue weighted by Crippen LogP contribution is -2.12. The number of unbranched alkanes of at least 4 members (excludes halogenated alkanes) is 2. The third kappa shape index (κ3) is 6.30. The second kappa shape index (κ2) is 10.1. The fourth-order valence-electron chi connectivity index (χ4n) is 2.12. The van der Waals surface area contributed by atoms with E-state index in [1.165, 1.54) is 0 Å². The number of nitrogens with zero attached hydrogens (tertiary/aromatic N) is 3. The Morgan fingerprint density at radius 1 is 0.840 bits per heavy atom. The van der Waals surface area contributed by atoms with Gasteiger partial charge < -0.3 is 16.0 Å². The highest BCUT2D eigenvalue weighted by molar-refractivity contribution is 5.57. The Morgan fingerprint density at radius 3 is 1.84 bits per heavy atom. The van der Waals surface area contributed by atoms with Crippen LogP contribution < -0.4 is 16.0 Å². The van der Waals surface area contributed by atoms with Gasteiger partial charge in [0.1, 0.15) is 0 Å². The molecule has 0 unspecified atom stereocenters. The first-order valence-electron chi connectivity index (χ1n) is 8.82. The largest absolute Gasteiger partial charge is 0.354 e. The van der Waals surface area contributed by atoms with Crippen LogP contribution in [0.4, 0.5) is 23.5 Å². The number of nitrogens with one attached hydrogen (secondary N) is 3. The average molecular weight is 338 g/mol. The minimum Gasteiger partial charge on any atom is -0.354 e. The van der Waals surface area contributed by atoms with Crippen molar-refractivity contribution in [3.8, 4) is 12.3 Å². The SMILES string of the molecule is C#Cc1ccc(Nc2nc(NCCCC)nc(NCCCC)n2)cc1. The molecule has 2 rings (SSSR count). The van der Waals surface area contributed by atoms with Crippen molar-refractivity contribution in [1.82, 2.24) is 15.0 Å². The van der Waals surface area contributed by atoms with E-state index in [9.17, 15) is 0 Å². The zero-order valence-corrected chi connectivity index (χ0v) is 15.0. The van der Waals surface area contributed by atoms with Gasteiger partial charge in [-0.2, -0.15) is 15.0 Å². The Hall–Kier alpha value is -2.81. The van der Waals surface area contributed by atoms with E-state index in [-0.39, 0.29) is 0 Å². The number of terminal acetylenes is 1. The summed E-state index contributed by atoms with van der Waals surface area (Å²) in [5.41, 5.74) is 1.72. The van der Waals surface area contributed by atoms with Crippen LogP contribution in [-0.4, -0.2) is 28.0 Å². The predicted molar refractivity (Wildman–Crippen MR) is 104 cm³/mol. The van der Waals surface area contributed by atoms with Crippen molar-refractivity contribution < 1.29 is 0 Å². The number of hydrogen-bond acceptors (Lipinski definition) is 6. The van der Waals surface area contributed by atoms with E-state index in [1.807, 2.05) is 24.3 Å². The van der Waals surface area contributed by atoms with Gasteiger partial charge in [-0.15, -0.1) is 6.42 Å². The summed E-state index contributed by atoms with van der Waals surface area (Å²) in [5, 5.41) is 9.71. The summed E-state index contributed by atoms with van der Waals surface area (Å²) in [5.74, 6) is 4.25. The van der Waals surface area contributed by atoms with Gasteiger partial charge in [-0.1, -0.05) is 32.6 Å². The first kappa shape index (κ1) is 18.5. The Labute approximate surface area is 149 Å². The number of rotatable bonds is 10. The number of aromatic nitrogens is 3. The van der Waals surface area contributed by atoms with Gasteiger partial charge in [-0.3, -0.25) is 0 Å². The quantitative estimate of drug-likeness (QED) is 0.449. The maximum absolute atomic E-state index is 5.39. The van der Waals surface area contributed by atoms with Crippen LogP contribution in [0.25, 0.3) is 0 Å². The van der Waals surface area contributed by atoms with Gasteiger partial charge in [0.05, 0.1) is 0 Å². The summed E-state index contributed by atoms with van der Waals surface area (Å²) in [6.07, 6.45) is 9.76. The molecule has 0 radical (unpaired) electrons. The van der Waals surface area contributed by atoms with Crippen molar-refractivity contribution in [3.05, 3.63) is 29.8 Å². The van der Waals surface area contributed by atoms with Gasteiger partial charge in [0, 0.05) is 24.3 Å². The molecule has 3 N–H and O–H groups in total. The van der Waals surface area contributed by atoms with Crippen LogP contribution in [-0.2, 0) is 0 Å². The summed E-state index contributed by atoms with van der Waals surface area (Å²) in [6.45, 7) is 5.98. The van der Waals surface area contributed by atoms with E-state index in [0.29, 0.717) is 17.8 Å². The van der Waals surface area contributed by atoms with Crippen molar-refractivity contribution in [2.75, 3.05) is 29.0 Å². The molecular weight excluding hydrogens is 312 g/mol. The van der Waals surface area contributed by atoms with E-state index in [0.717, 1.165) is 50.0 Å². The molecule has 0 atom stereocenters. The predicted octanol–water partition coefficient (Wildman–Crippen LogP) is 4.02. The Bertz CT molecular complexity index is 662. The molecule has 0 fully saturated rings. The molecule has 0 aliphatic rings. The van der Waals surface area contributed by atoms with Crippen LogP contribution in [0.15, 0.2) is 24.3 Å². The van der Waals surface area contributed by atoms with Crippen molar-refractivity contribution in [3.63, 3.8) is 0 Å². The lowest BCUT2D eigenvalue weighted by atomic mass is 10.2. The summed E-state index contributed by atoms with van der Waals surface area (Å²) in [7, 11) is 0. The summed E-state index contributed by atoms with van der Waals surface area (Å²) in [4.78, 5) is 13.3. The second-order valence-electron chi connectivity index (χ2n) is 5.71. The monoisotopic (exact) mass is 338 g/mol. The number of benzene rings is 1. The van der Waals surface area contributed by atoms with Gasteiger partial charge in [0.2, 0.25) is 17.8 Å². The smallest absolute Gasteiger partial charge is 0.233 e. The third-order valence-electron chi connectivity index (χ3n) is 3.57. The maximum Gasteiger partial charge on any atom is 0.233 e. The van der Waals surface area contributed by atoms with Gasteiger partial charge in [0.15, 0.2) is 0 Å². The molecule has 2 aromatic rings. The second-order valence-corrected chi connectivity index (χ2v) is 5.71.